The zero-order chi connectivity index (χ0) is 21.1. The molecule has 10 heteroatoms. The van der Waals surface area contributed by atoms with Gasteiger partial charge in [0.05, 0.1) is 32.4 Å². The van der Waals surface area contributed by atoms with E-state index in [2.05, 4.69) is 15.3 Å². The van der Waals surface area contributed by atoms with Crippen LogP contribution < -0.4 is 19.5 Å². The van der Waals surface area contributed by atoms with Gasteiger partial charge in [0.15, 0.2) is 34.6 Å². The van der Waals surface area contributed by atoms with Crippen LogP contribution in [-0.4, -0.2) is 42.4 Å². The van der Waals surface area contributed by atoms with Gasteiger partial charge < -0.3 is 24.6 Å². The van der Waals surface area contributed by atoms with Crippen molar-refractivity contribution in [2.75, 3.05) is 26.6 Å². The quantitative estimate of drug-likeness (QED) is 0.618. The molecule has 0 atom stereocenters. The van der Waals surface area contributed by atoms with Crippen molar-refractivity contribution >= 4 is 22.8 Å². The van der Waals surface area contributed by atoms with Crippen LogP contribution in [0.15, 0.2) is 24.3 Å². The van der Waals surface area contributed by atoms with Gasteiger partial charge in [0.1, 0.15) is 0 Å². The first kappa shape index (κ1) is 20.1. The predicted molar refractivity (Wildman–Crippen MR) is 99.8 cm³/mol. The average molecular weight is 405 g/mol. The van der Waals surface area contributed by atoms with E-state index in [0.29, 0.717) is 22.8 Å². The highest BCUT2D eigenvalue weighted by Gasteiger charge is 2.18. The smallest absolute Gasteiger partial charge is 0.358 e. The molecule has 0 amide bonds. The van der Waals surface area contributed by atoms with E-state index in [1.54, 1.807) is 12.1 Å². The molecule has 0 spiro atoms. The maximum Gasteiger partial charge on any atom is 0.358 e. The lowest BCUT2D eigenvalue weighted by Gasteiger charge is -2.15. The molecule has 3 rings (SSSR count). The largest absolute Gasteiger partial charge is 0.493 e. The SMILES string of the molecule is COc1cc(CNc2nc3cc(F)c(F)cc3nc2C(=O)O)cc(OC)c1OC. The lowest BCUT2D eigenvalue weighted by atomic mass is 10.1. The molecule has 1 aromatic heterocycles. The van der Waals surface area contributed by atoms with Gasteiger partial charge >= 0.3 is 5.97 Å². The molecule has 0 saturated heterocycles. The molecule has 1 heterocycles. The van der Waals surface area contributed by atoms with Crippen molar-refractivity contribution in [2.24, 2.45) is 0 Å². The van der Waals surface area contributed by atoms with Crippen LogP contribution in [0.2, 0.25) is 0 Å². The Morgan fingerprint density at radius 1 is 0.966 bits per heavy atom. The molecule has 0 aliphatic carbocycles. The summed E-state index contributed by atoms with van der Waals surface area (Å²) in [6, 6.07) is 5.01. The molecule has 0 aliphatic rings. The second-order valence-corrected chi connectivity index (χ2v) is 5.87. The van der Waals surface area contributed by atoms with E-state index in [0.717, 1.165) is 12.1 Å². The van der Waals surface area contributed by atoms with Crippen molar-refractivity contribution in [3.8, 4) is 17.2 Å². The fourth-order valence-corrected chi connectivity index (χ4v) is 2.75. The van der Waals surface area contributed by atoms with Gasteiger partial charge in [0.2, 0.25) is 5.75 Å². The first-order valence-corrected chi connectivity index (χ1v) is 8.30. The Bertz CT molecular complexity index is 1070. The van der Waals surface area contributed by atoms with E-state index in [9.17, 15) is 18.7 Å². The Hall–Kier alpha value is -3.69. The zero-order valence-electron chi connectivity index (χ0n) is 15.7. The van der Waals surface area contributed by atoms with Crippen molar-refractivity contribution in [1.29, 1.82) is 0 Å². The van der Waals surface area contributed by atoms with Gasteiger partial charge in [-0.3, -0.25) is 0 Å². The number of halogens is 2. The summed E-state index contributed by atoms with van der Waals surface area (Å²) in [4.78, 5) is 19.5. The van der Waals surface area contributed by atoms with Gasteiger partial charge in [-0.1, -0.05) is 0 Å². The fourth-order valence-electron chi connectivity index (χ4n) is 2.75. The number of carbonyl (C=O) groups is 1. The number of carboxylic acid groups (broad SMARTS) is 1. The number of nitrogens with one attached hydrogen (secondary N) is 1. The molecule has 0 bridgehead atoms. The number of hydrogen-bond donors (Lipinski definition) is 2. The Kier molecular flexibility index (Phi) is 5.62. The van der Waals surface area contributed by atoms with Crippen LogP contribution in [0.5, 0.6) is 17.2 Å². The number of fused-ring (bicyclic) bond motifs is 1. The standard InChI is InChI=1S/C19H17F2N3O5/c1-27-14-4-9(5-15(28-2)17(14)29-3)8-22-18-16(19(25)26)23-12-6-10(20)11(21)7-13(12)24-18/h4-7H,8H2,1-3H3,(H,22,24)(H,25,26). The van der Waals surface area contributed by atoms with Gasteiger partial charge in [0, 0.05) is 18.7 Å². The van der Waals surface area contributed by atoms with Crippen molar-refractivity contribution in [1.82, 2.24) is 9.97 Å². The third kappa shape index (κ3) is 3.96. The van der Waals surface area contributed by atoms with Crippen molar-refractivity contribution in [2.45, 2.75) is 6.54 Å². The highest BCUT2D eigenvalue weighted by atomic mass is 19.2. The molecule has 29 heavy (non-hydrogen) atoms. The Morgan fingerprint density at radius 2 is 1.52 bits per heavy atom. The third-order valence-corrected chi connectivity index (χ3v) is 4.09. The summed E-state index contributed by atoms with van der Waals surface area (Å²) in [5, 5.41) is 12.3. The number of benzene rings is 2. The first-order valence-electron chi connectivity index (χ1n) is 8.30. The summed E-state index contributed by atoms with van der Waals surface area (Å²) in [5.41, 5.74) is 0.194. The van der Waals surface area contributed by atoms with Crippen molar-refractivity contribution in [3.63, 3.8) is 0 Å². The lowest BCUT2D eigenvalue weighted by molar-refractivity contribution is 0.0691. The maximum absolute atomic E-state index is 13.5. The molecule has 0 aliphatic heterocycles. The van der Waals surface area contributed by atoms with Crippen LogP contribution in [0, 0.1) is 11.6 Å². The minimum Gasteiger partial charge on any atom is -0.493 e. The first-order chi connectivity index (χ1) is 13.9. The predicted octanol–water partition coefficient (Wildman–Crippen LogP) is 3.24. The lowest BCUT2D eigenvalue weighted by Crippen LogP contribution is -2.11. The van der Waals surface area contributed by atoms with Crippen LogP contribution in [0.3, 0.4) is 0 Å². The van der Waals surface area contributed by atoms with E-state index in [4.69, 9.17) is 14.2 Å². The van der Waals surface area contributed by atoms with Crippen LogP contribution in [0.1, 0.15) is 16.1 Å². The molecular formula is C19H17F2N3O5. The minimum absolute atomic E-state index is 0.0151. The number of nitrogens with zero attached hydrogens (tertiary/aromatic N) is 2. The number of rotatable bonds is 7. The molecule has 2 aromatic carbocycles. The molecule has 0 saturated carbocycles. The van der Waals surface area contributed by atoms with Crippen molar-refractivity contribution < 1.29 is 32.9 Å². The Labute approximate surface area is 164 Å². The molecule has 2 N–H and O–H groups in total. The van der Waals surface area contributed by atoms with Crippen LogP contribution >= 0.6 is 0 Å². The average Bonchev–Trinajstić information content (AvgIpc) is 2.71. The number of carboxylic acids is 1. The summed E-state index contributed by atoms with van der Waals surface area (Å²) in [5.74, 6) is -2.45. The molecule has 0 radical (unpaired) electrons. The third-order valence-electron chi connectivity index (χ3n) is 4.09. The van der Waals surface area contributed by atoms with E-state index in [1.165, 1.54) is 21.3 Å². The molecule has 0 fully saturated rings. The van der Waals surface area contributed by atoms with Gasteiger partial charge in [-0.25, -0.2) is 23.5 Å². The Morgan fingerprint density at radius 3 is 2.00 bits per heavy atom. The highest BCUT2D eigenvalue weighted by Crippen LogP contribution is 2.38. The summed E-state index contributed by atoms with van der Waals surface area (Å²) in [6.45, 7) is 0.126. The second-order valence-electron chi connectivity index (χ2n) is 5.87. The normalized spacial score (nSPS) is 10.7. The minimum atomic E-state index is -1.36. The van der Waals surface area contributed by atoms with Crippen LogP contribution in [-0.2, 0) is 6.54 Å². The zero-order valence-corrected chi connectivity index (χ0v) is 15.7. The fraction of sp³-hybridized carbons (Fsp3) is 0.211. The number of hydrogen-bond acceptors (Lipinski definition) is 7. The van der Waals surface area contributed by atoms with Crippen LogP contribution in [0.4, 0.5) is 14.6 Å². The number of aromatic nitrogens is 2. The van der Waals surface area contributed by atoms with Gasteiger partial charge in [-0.2, -0.15) is 0 Å². The van der Waals surface area contributed by atoms with Gasteiger partial charge in [0.25, 0.3) is 0 Å². The molecule has 152 valence electrons. The number of anilines is 1. The molecule has 0 unspecified atom stereocenters. The molecular weight excluding hydrogens is 388 g/mol. The number of methoxy groups -OCH3 is 3. The van der Waals surface area contributed by atoms with Crippen LogP contribution in [0.25, 0.3) is 11.0 Å². The van der Waals surface area contributed by atoms with E-state index in [1.807, 2.05) is 0 Å². The number of aromatic carboxylic acids is 1. The van der Waals surface area contributed by atoms with Gasteiger partial charge in [-0.05, 0) is 17.7 Å². The topological polar surface area (TPSA) is 103 Å². The van der Waals surface area contributed by atoms with E-state index in [-0.39, 0.29) is 23.4 Å². The molecule has 8 nitrogen and oxygen atoms in total. The van der Waals surface area contributed by atoms with E-state index >= 15 is 0 Å². The summed E-state index contributed by atoms with van der Waals surface area (Å²) >= 11 is 0. The maximum atomic E-state index is 13.5. The van der Waals surface area contributed by atoms with Crippen molar-refractivity contribution in [3.05, 3.63) is 47.2 Å². The van der Waals surface area contributed by atoms with Gasteiger partial charge in [-0.15, -0.1) is 0 Å². The monoisotopic (exact) mass is 405 g/mol. The highest BCUT2D eigenvalue weighted by molar-refractivity contribution is 5.93. The van der Waals surface area contributed by atoms with E-state index < -0.39 is 23.3 Å². The number of ether oxygens (including phenoxy) is 3. The second kappa shape index (κ2) is 8.13. The summed E-state index contributed by atoms with van der Waals surface area (Å²) < 4.78 is 42.8. The Balaban J connectivity index is 1.98. The molecule has 3 aromatic rings. The summed E-state index contributed by atoms with van der Waals surface area (Å²) in [7, 11) is 4.42. The summed E-state index contributed by atoms with van der Waals surface area (Å²) in [6.07, 6.45) is 0.